The maximum absolute atomic E-state index is 11.8. The molecule has 1 aromatic rings. The Labute approximate surface area is 89.3 Å². The molecule has 15 heavy (non-hydrogen) atoms. The lowest BCUT2D eigenvalue weighted by atomic mass is 10.5. The van der Waals surface area contributed by atoms with Gasteiger partial charge in [-0.05, 0) is 13.8 Å². The van der Waals surface area contributed by atoms with Gasteiger partial charge in [0.2, 0.25) is 0 Å². The molecular formula is C9H17N5O. The van der Waals surface area contributed by atoms with E-state index in [0.29, 0.717) is 12.4 Å². The Morgan fingerprint density at radius 1 is 1.47 bits per heavy atom. The van der Waals surface area contributed by atoms with Crippen LogP contribution in [0.3, 0.4) is 0 Å². The number of urea groups is 1. The van der Waals surface area contributed by atoms with E-state index in [2.05, 4.69) is 15.2 Å². The molecule has 0 atom stereocenters. The predicted molar refractivity (Wildman–Crippen MR) is 56.2 cm³/mol. The van der Waals surface area contributed by atoms with Crippen molar-refractivity contribution in [3.05, 3.63) is 12.2 Å². The zero-order valence-corrected chi connectivity index (χ0v) is 9.40. The normalized spacial score (nSPS) is 10.1. The summed E-state index contributed by atoms with van der Waals surface area (Å²) in [5, 5.41) is 6.46. The van der Waals surface area contributed by atoms with E-state index in [9.17, 15) is 4.79 Å². The van der Waals surface area contributed by atoms with Crippen molar-refractivity contribution in [1.82, 2.24) is 25.0 Å². The molecule has 1 N–H and O–H groups in total. The predicted octanol–water partition coefficient (Wildman–Crippen LogP) is 0.698. The van der Waals surface area contributed by atoms with Crippen LogP contribution < -0.4 is 0 Å². The summed E-state index contributed by atoms with van der Waals surface area (Å²) in [5.74, 6) is 0.693. The number of hydrogen-bond acceptors (Lipinski definition) is 3. The molecule has 0 aliphatic rings. The Hall–Kier alpha value is -1.59. The molecule has 0 aliphatic heterocycles. The molecule has 0 radical (unpaired) electrons. The number of H-pyrrole nitrogens is 1. The zero-order valence-electron chi connectivity index (χ0n) is 9.40. The van der Waals surface area contributed by atoms with Crippen LogP contribution in [-0.2, 0) is 6.54 Å². The van der Waals surface area contributed by atoms with Crippen LogP contribution in [0.15, 0.2) is 6.33 Å². The summed E-state index contributed by atoms with van der Waals surface area (Å²) >= 11 is 0. The maximum atomic E-state index is 11.8. The highest BCUT2D eigenvalue weighted by atomic mass is 16.2. The van der Waals surface area contributed by atoms with Crippen molar-refractivity contribution in [2.45, 2.75) is 20.4 Å². The van der Waals surface area contributed by atoms with Gasteiger partial charge in [-0.2, -0.15) is 5.10 Å². The number of amides is 2. The third-order valence-corrected chi connectivity index (χ3v) is 2.21. The number of carbonyl (C=O) groups is 1. The molecule has 0 bridgehead atoms. The second kappa shape index (κ2) is 5.33. The average molecular weight is 211 g/mol. The van der Waals surface area contributed by atoms with E-state index < -0.39 is 0 Å². The minimum atomic E-state index is 0.0106. The van der Waals surface area contributed by atoms with Crippen molar-refractivity contribution in [1.29, 1.82) is 0 Å². The molecule has 0 aromatic carbocycles. The van der Waals surface area contributed by atoms with Crippen LogP contribution in [0.1, 0.15) is 19.7 Å². The standard InChI is InChI=1S/C9H17N5O/c1-4-14(5-2)9(15)13(3)6-8-10-7-11-12-8/h7H,4-6H2,1-3H3,(H,10,11,12). The molecule has 0 fully saturated rings. The molecule has 1 rings (SSSR count). The van der Waals surface area contributed by atoms with Crippen molar-refractivity contribution >= 4 is 6.03 Å². The molecule has 2 amide bonds. The number of rotatable bonds is 4. The Balaban J connectivity index is 2.53. The van der Waals surface area contributed by atoms with Gasteiger partial charge < -0.3 is 9.80 Å². The van der Waals surface area contributed by atoms with Crippen molar-refractivity contribution in [3.8, 4) is 0 Å². The minimum absolute atomic E-state index is 0.0106. The lowest BCUT2D eigenvalue weighted by Gasteiger charge is -2.25. The summed E-state index contributed by atoms with van der Waals surface area (Å²) < 4.78 is 0. The van der Waals surface area contributed by atoms with E-state index in [4.69, 9.17) is 0 Å². The molecule has 1 aromatic heterocycles. The fourth-order valence-electron chi connectivity index (χ4n) is 1.33. The van der Waals surface area contributed by atoms with Crippen LogP contribution in [0.4, 0.5) is 4.79 Å². The minimum Gasteiger partial charge on any atom is -0.325 e. The summed E-state index contributed by atoms with van der Waals surface area (Å²) in [5.41, 5.74) is 0. The molecule has 6 nitrogen and oxygen atoms in total. The van der Waals surface area contributed by atoms with Crippen molar-refractivity contribution in [2.24, 2.45) is 0 Å². The first-order chi connectivity index (χ1) is 7.19. The highest BCUT2D eigenvalue weighted by Gasteiger charge is 2.15. The maximum Gasteiger partial charge on any atom is 0.320 e. The Morgan fingerprint density at radius 3 is 2.60 bits per heavy atom. The number of hydrogen-bond donors (Lipinski definition) is 1. The SMILES string of the molecule is CCN(CC)C(=O)N(C)Cc1ncn[nH]1. The summed E-state index contributed by atoms with van der Waals surface area (Å²) in [7, 11) is 1.75. The van der Waals surface area contributed by atoms with Gasteiger partial charge in [0.1, 0.15) is 12.2 Å². The first-order valence-corrected chi connectivity index (χ1v) is 5.03. The second-order valence-electron chi connectivity index (χ2n) is 3.24. The van der Waals surface area contributed by atoms with Crippen LogP contribution in [0.25, 0.3) is 0 Å². The van der Waals surface area contributed by atoms with Crippen LogP contribution >= 0.6 is 0 Å². The monoisotopic (exact) mass is 211 g/mol. The quantitative estimate of drug-likeness (QED) is 0.797. The summed E-state index contributed by atoms with van der Waals surface area (Å²) in [4.78, 5) is 19.2. The number of nitrogens with one attached hydrogen (secondary N) is 1. The number of carbonyl (C=O) groups excluding carboxylic acids is 1. The molecule has 0 aliphatic carbocycles. The van der Waals surface area contributed by atoms with Gasteiger partial charge >= 0.3 is 6.03 Å². The van der Waals surface area contributed by atoms with Gasteiger partial charge in [0.25, 0.3) is 0 Å². The summed E-state index contributed by atoms with van der Waals surface area (Å²) in [6, 6.07) is 0.0106. The van der Waals surface area contributed by atoms with Gasteiger partial charge in [-0.3, -0.25) is 5.10 Å². The van der Waals surface area contributed by atoms with E-state index in [-0.39, 0.29) is 6.03 Å². The largest absolute Gasteiger partial charge is 0.325 e. The molecule has 0 spiro atoms. The highest BCUT2D eigenvalue weighted by molar-refractivity contribution is 5.73. The topological polar surface area (TPSA) is 65.1 Å². The van der Waals surface area contributed by atoms with E-state index >= 15 is 0 Å². The van der Waals surface area contributed by atoms with Gasteiger partial charge in [0.15, 0.2) is 0 Å². The third kappa shape index (κ3) is 2.93. The molecule has 0 unspecified atom stereocenters. The molecule has 6 heteroatoms. The van der Waals surface area contributed by atoms with Gasteiger partial charge in [0.05, 0.1) is 6.54 Å². The Morgan fingerprint density at radius 2 is 2.13 bits per heavy atom. The van der Waals surface area contributed by atoms with Gasteiger partial charge in [-0.25, -0.2) is 9.78 Å². The lowest BCUT2D eigenvalue weighted by Crippen LogP contribution is -2.40. The van der Waals surface area contributed by atoms with Crippen molar-refractivity contribution in [2.75, 3.05) is 20.1 Å². The first kappa shape index (κ1) is 11.5. The van der Waals surface area contributed by atoms with Crippen molar-refractivity contribution < 1.29 is 4.79 Å². The van der Waals surface area contributed by atoms with Crippen LogP contribution in [-0.4, -0.2) is 51.1 Å². The van der Waals surface area contributed by atoms with E-state index in [1.807, 2.05) is 13.8 Å². The average Bonchev–Trinajstić information content (AvgIpc) is 2.72. The van der Waals surface area contributed by atoms with E-state index in [1.165, 1.54) is 6.33 Å². The molecule has 1 heterocycles. The Bertz CT molecular complexity index is 293. The summed E-state index contributed by atoms with van der Waals surface area (Å²) in [6.07, 6.45) is 1.44. The smallest absolute Gasteiger partial charge is 0.320 e. The summed E-state index contributed by atoms with van der Waals surface area (Å²) in [6.45, 7) is 5.81. The number of aromatic amines is 1. The third-order valence-electron chi connectivity index (χ3n) is 2.21. The number of aromatic nitrogens is 3. The fourth-order valence-corrected chi connectivity index (χ4v) is 1.33. The van der Waals surface area contributed by atoms with Crippen molar-refractivity contribution in [3.63, 3.8) is 0 Å². The Kier molecular flexibility index (Phi) is 4.08. The van der Waals surface area contributed by atoms with Gasteiger partial charge in [-0.1, -0.05) is 0 Å². The highest BCUT2D eigenvalue weighted by Crippen LogP contribution is 2.00. The van der Waals surface area contributed by atoms with E-state index in [0.717, 1.165) is 13.1 Å². The molecule has 84 valence electrons. The van der Waals surface area contributed by atoms with Gasteiger partial charge in [-0.15, -0.1) is 0 Å². The first-order valence-electron chi connectivity index (χ1n) is 5.03. The molecule has 0 saturated carbocycles. The molecular weight excluding hydrogens is 194 g/mol. The zero-order chi connectivity index (χ0) is 11.3. The second-order valence-corrected chi connectivity index (χ2v) is 3.24. The van der Waals surface area contributed by atoms with Crippen LogP contribution in [0.2, 0.25) is 0 Å². The van der Waals surface area contributed by atoms with Gasteiger partial charge in [0, 0.05) is 20.1 Å². The van der Waals surface area contributed by atoms with E-state index in [1.54, 1.807) is 16.8 Å². The van der Waals surface area contributed by atoms with Crippen LogP contribution in [0, 0.1) is 0 Å². The lowest BCUT2D eigenvalue weighted by molar-refractivity contribution is 0.164. The molecule has 0 saturated heterocycles. The fraction of sp³-hybridized carbons (Fsp3) is 0.667. The van der Waals surface area contributed by atoms with Crippen LogP contribution in [0.5, 0.6) is 0 Å². The number of nitrogens with zero attached hydrogens (tertiary/aromatic N) is 4.